The van der Waals surface area contributed by atoms with Gasteiger partial charge in [0.2, 0.25) is 0 Å². The van der Waals surface area contributed by atoms with Crippen molar-refractivity contribution in [1.82, 2.24) is 5.32 Å². The van der Waals surface area contributed by atoms with E-state index in [1.165, 1.54) is 12.1 Å². The molecule has 1 aliphatic carbocycles. The van der Waals surface area contributed by atoms with Crippen LogP contribution in [0.2, 0.25) is 0 Å². The van der Waals surface area contributed by atoms with Crippen molar-refractivity contribution in [1.29, 1.82) is 5.26 Å². The number of hydrogen-bond donors (Lipinski definition) is 2. The number of nitro benzene ring substituents is 1. The first kappa shape index (κ1) is 14.3. The fourth-order valence-electron chi connectivity index (χ4n) is 2.61. The van der Waals surface area contributed by atoms with Crippen LogP contribution < -0.4 is 10.6 Å². The molecule has 20 heavy (non-hydrogen) atoms. The minimum absolute atomic E-state index is 0.0500. The number of nitrogens with one attached hydrogen (secondary N) is 2. The van der Waals surface area contributed by atoms with Crippen LogP contribution in [0.1, 0.15) is 31.2 Å². The number of rotatable bonds is 4. The molecule has 0 bridgehead atoms. The molecular formula is C14H18N4O2. The third kappa shape index (κ3) is 3.25. The summed E-state index contributed by atoms with van der Waals surface area (Å²) in [6.07, 6.45) is 4.27. The number of nitrogens with zero attached hydrogens (tertiary/aromatic N) is 2. The van der Waals surface area contributed by atoms with E-state index in [2.05, 4.69) is 10.6 Å². The van der Waals surface area contributed by atoms with Crippen LogP contribution in [0, 0.1) is 21.4 Å². The SMILES string of the molecule is CNC1CCC(Nc2ccc([N+](=O)[O-])cc2C#N)CC1. The molecule has 1 saturated carbocycles. The second kappa shape index (κ2) is 6.35. The quantitative estimate of drug-likeness (QED) is 0.650. The first-order valence-corrected chi connectivity index (χ1v) is 6.76. The van der Waals surface area contributed by atoms with E-state index in [0.717, 1.165) is 25.7 Å². The monoisotopic (exact) mass is 274 g/mol. The Labute approximate surface area is 117 Å². The van der Waals surface area contributed by atoms with Gasteiger partial charge in [0, 0.05) is 24.2 Å². The van der Waals surface area contributed by atoms with Crippen LogP contribution in [0.25, 0.3) is 0 Å². The lowest BCUT2D eigenvalue weighted by Crippen LogP contribution is -2.35. The van der Waals surface area contributed by atoms with Gasteiger partial charge in [0.05, 0.1) is 16.2 Å². The van der Waals surface area contributed by atoms with Crippen LogP contribution in [0.4, 0.5) is 11.4 Å². The van der Waals surface area contributed by atoms with Gasteiger partial charge >= 0.3 is 0 Å². The third-order valence-corrected chi connectivity index (χ3v) is 3.83. The van der Waals surface area contributed by atoms with Gasteiger partial charge in [-0.3, -0.25) is 10.1 Å². The highest BCUT2D eigenvalue weighted by Crippen LogP contribution is 2.26. The highest BCUT2D eigenvalue weighted by molar-refractivity contribution is 5.61. The number of nitriles is 1. The molecule has 0 spiro atoms. The molecular weight excluding hydrogens is 256 g/mol. The highest BCUT2D eigenvalue weighted by atomic mass is 16.6. The van der Waals surface area contributed by atoms with E-state index in [4.69, 9.17) is 5.26 Å². The first-order chi connectivity index (χ1) is 9.63. The number of hydrogen-bond acceptors (Lipinski definition) is 5. The molecule has 1 aliphatic rings. The molecule has 2 N–H and O–H groups in total. The predicted molar refractivity (Wildman–Crippen MR) is 76.5 cm³/mol. The van der Waals surface area contributed by atoms with Gasteiger partial charge in [-0.2, -0.15) is 5.26 Å². The van der Waals surface area contributed by atoms with E-state index in [0.29, 0.717) is 23.3 Å². The molecule has 0 atom stereocenters. The Hall–Kier alpha value is -2.13. The Balaban J connectivity index is 2.06. The molecule has 1 aromatic rings. The van der Waals surface area contributed by atoms with Gasteiger partial charge < -0.3 is 10.6 Å². The van der Waals surface area contributed by atoms with Crippen molar-refractivity contribution in [2.24, 2.45) is 0 Å². The van der Waals surface area contributed by atoms with Crippen LogP contribution in [0.3, 0.4) is 0 Å². The number of non-ortho nitro benzene ring substituents is 1. The van der Waals surface area contributed by atoms with Gasteiger partial charge in [-0.05, 0) is 38.8 Å². The maximum absolute atomic E-state index is 10.7. The molecule has 2 rings (SSSR count). The molecule has 1 fully saturated rings. The summed E-state index contributed by atoms with van der Waals surface area (Å²) in [6.45, 7) is 0. The molecule has 0 aromatic heterocycles. The fourth-order valence-corrected chi connectivity index (χ4v) is 2.61. The van der Waals surface area contributed by atoms with Crippen LogP contribution in [-0.4, -0.2) is 24.1 Å². The van der Waals surface area contributed by atoms with Crippen molar-refractivity contribution in [3.05, 3.63) is 33.9 Å². The maximum atomic E-state index is 10.7. The Kier molecular flexibility index (Phi) is 4.53. The van der Waals surface area contributed by atoms with E-state index in [1.807, 2.05) is 13.1 Å². The Bertz CT molecular complexity index is 530. The lowest BCUT2D eigenvalue weighted by atomic mass is 9.91. The normalized spacial score (nSPS) is 22.0. The Morgan fingerprint density at radius 1 is 1.30 bits per heavy atom. The molecule has 0 unspecified atom stereocenters. The summed E-state index contributed by atoms with van der Waals surface area (Å²) in [5.74, 6) is 0. The molecule has 1 aromatic carbocycles. The summed E-state index contributed by atoms with van der Waals surface area (Å²) in [5.41, 5.74) is 0.965. The molecule has 0 aliphatic heterocycles. The molecule has 6 heteroatoms. The summed E-state index contributed by atoms with van der Waals surface area (Å²) in [6, 6.07) is 7.30. The van der Waals surface area contributed by atoms with Crippen molar-refractivity contribution in [3.8, 4) is 6.07 Å². The van der Waals surface area contributed by atoms with Crippen molar-refractivity contribution >= 4 is 11.4 Å². The van der Waals surface area contributed by atoms with Crippen molar-refractivity contribution in [2.45, 2.75) is 37.8 Å². The Morgan fingerprint density at radius 3 is 2.50 bits per heavy atom. The minimum Gasteiger partial charge on any atom is -0.381 e. The first-order valence-electron chi connectivity index (χ1n) is 6.76. The van der Waals surface area contributed by atoms with Crippen molar-refractivity contribution in [3.63, 3.8) is 0 Å². The van der Waals surface area contributed by atoms with Gasteiger partial charge in [-0.15, -0.1) is 0 Å². The minimum atomic E-state index is -0.483. The number of benzene rings is 1. The summed E-state index contributed by atoms with van der Waals surface area (Å²) >= 11 is 0. The molecule has 0 amide bonds. The van der Waals surface area contributed by atoms with E-state index in [-0.39, 0.29) is 5.69 Å². The average Bonchev–Trinajstić information content (AvgIpc) is 2.48. The van der Waals surface area contributed by atoms with Gasteiger partial charge in [-0.25, -0.2) is 0 Å². The lowest BCUT2D eigenvalue weighted by Gasteiger charge is -2.29. The van der Waals surface area contributed by atoms with E-state index >= 15 is 0 Å². The summed E-state index contributed by atoms with van der Waals surface area (Å²) in [5, 5.41) is 26.4. The number of anilines is 1. The van der Waals surface area contributed by atoms with E-state index < -0.39 is 4.92 Å². The molecule has 106 valence electrons. The van der Waals surface area contributed by atoms with Crippen LogP contribution in [0.15, 0.2) is 18.2 Å². The molecule has 0 saturated heterocycles. The van der Waals surface area contributed by atoms with Crippen molar-refractivity contribution < 1.29 is 4.92 Å². The van der Waals surface area contributed by atoms with E-state index in [1.54, 1.807) is 6.07 Å². The van der Waals surface area contributed by atoms with Crippen LogP contribution >= 0.6 is 0 Å². The average molecular weight is 274 g/mol. The Morgan fingerprint density at radius 2 is 1.95 bits per heavy atom. The smallest absolute Gasteiger partial charge is 0.270 e. The molecule has 0 heterocycles. The summed E-state index contributed by atoms with van der Waals surface area (Å²) in [7, 11) is 1.97. The van der Waals surface area contributed by atoms with Crippen LogP contribution in [0.5, 0.6) is 0 Å². The second-order valence-corrected chi connectivity index (χ2v) is 5.08. The predicted octanol–water partition coefficient (Wildman–Crippen LogP) is 2.41. The van der Waals surface area contributed by atoms with E-state index in [9.17, 15) is 10.1 Å². The number of nitro groups is 1. The highest BCUT2D eigenvalue weighted by Gasteiger charge is 2.21. The summed E-state index contributed by atoms with van der Waals surface area (Å²) in [4.78, 5) is 10.2. The zero-order valence-electron chi connectivity index (χ0n) is 11.4. The largest absolute Gasteiger partial charge is 0.381 e. The zero-order valence-corrected chi connectivity index (χ0v) is 11.4. The van der Waals surface area contributed by atoms with Crippen molar-refractivity contribution in [2.75, 3.05) is 12.4 Å². The third-order valence-electron chi connectivity index (χ3n) is 3.83. The van der Waals surface area contributed by atoms with Gasteiger partial charge in [-0.1, -0.05) is 0 Å². The van der Waals surface area contributed by atoms with Crippen LogP contribution in [-0.2, 0) is 0 Å². The molecule has 0 radical (unpaired) electrons. The second-order valence-electron chi connectivity index (χ2n) is 5.08. The standard InChI is InChI=1S/C14H18N4O2/c1-16-11-2-4-12(5-3-11)17-14-7-6-13(18(19)20)8-10(14)9-15/h6-8,11-12,16-17H,2-5H2,1H3. The fraction of sp³-hybridized carbons (Fsp3) is 0.500. The van der Waals surface area contributed by atoms with Gasteiger partial charge in [0.25, 0.3) is 5.69 Å². The zero-order chi connectivity index (χ0) is 14.5. The van der Waals surface area contributed by atoms with Gasteiger partial charge in [0.1, 0.15) is 6.07 Å². The topological polar surface area (TPSA) is 91.0 Å². The molecule has 6 nitrogen and oxygen atoms in total. The lowest BCUT2D eigenvalue weighted by molar-refractivity contribution is -0.384. The van der Waals surface area contributed by atoms with Gasteiger partial charge in [0.15, 0.2) is 0 Å². The maximum Gasteiger partial charge on any atom is 0.270 e. The summed E-state index contributed by atoms with van der Waals surface area (Å²) < 4.78 is 0.